The van der Waals surface area contributed by atoms with E-state index in [0.29, 0.717) is 23.6 Å². The van der Waals surface area contributed by atoms with Crippen LogP contribution in [0.3, 0.4) is 0 Å². The largest absolute Gasteiger partial charge is 0.387 e. The minimum Gasteiger partial charge on any atom is -0.387 e. The van der Waals surface area contributed by atoms with E-state index in [1.54, 1.807) is 6.07 Å². The van der Waals surface area contributed by atoms with E-state index in [-0.39, 0.29) is 18.6 Å². The summed E-state index contributed by atoms with van der Waals surface area (Å²) < 4.78 is 5.60. The molecule has 1 amide bonds. The minimum atomic E-state index is -0.970. The van der Waals surface area contributed by atoms with Crippen LogP contribution in [0.25, 0.3) is 0 Å². The lowest BCUT2D eigenvalue weighted by molar-refractivity contribution is -0.237. The smallest absolute Gasteiger partial charge is 0.253 e. The average Bonchev–Trinajstić information content (AvgIpc) is 2.45. The third-order valence-electron chi connectivity index (χ3n) is 4.45. The first-order chi connectivity index (χ1) is 9.82. The predicted molar refractivity (Wildman–Crippen MR) is 80.3 cm³/mol. The lowest BCUT2D eigenvalue weighted by Crippen LogP contribution is -2.68. The Bertz CT molecular complexity index is 535. The molecule has 21 heavy (non-hydrogen) atoms. The number of hydrogen-bond donors (Lipinski definition) is 2. The van der Waals surface area contributed by atoms with Crippen LogP contribution in [0.5, 0.6) is 0 Å². The van der Waals surface area contributed by atoms with E-state index in [1.807, 2.05) is 20.8 Å². The van der Waals surface area contributed by atoms with Crippen molar-refractivity contribution in [1.29, 1.82) is 0 Å². The fourth-order valence-electron chi connectivity index (χ4n) is 2.64. The van der Waals surface area contributed by atoms with Gasteiger partial charge in [-0.1, -0.05) is 25.4 Å². The van der Waals surface area contributed by atoms with Gasteiger partial charge in [-0.25, -0.2) is 0 Å². The number of nitrogens with one attached hydrogen (secondary N) is 1. The van der Waals surface area contributed by atoms with Crippen LogP contribution < -0.4 is 5.32 Å². The number of pyridine rings is 1. The molecule has 1 aromatic heterocycles. The Morgan fingerprint density at radius 2 is 2.33 bits per heavy atom. The number of halogens is 1. The molecule has 2 rings (SSSR count). The average molecular weight is 313 g/mol. The molecular weight excluding hydrogens is 292 g/mol. The zero-order valence-corrected chi connectivity index (χ0v) is 13.3. The van der Waals surface area contributed by atoms with Gasteiger partial charge in [0, 0.05) is 37.4 Å². The lowest BCUT2D eigenvalue weighted by Gasteiger charge is -2.57. The number of rotatable bonds is 5. The van der Waals surface area contributed by atoms with Gasteiger partial charge in [0.25, 0.3) is 5.91 Å². The van der Waals surface area contributed by atoms with E-state index in [1.165, 1.54) is 12.4 Å². The summed E-state index contributed by atoms with van der Waals surface area (Å²) in [5.41, 5.74) is -1.02. The summed E-state index contributed by atoms with van der Waals surface area (Å²) in [6.07, 6.45) is 3.45. The van der Waals surface area contributed by atoms with Crippen LogP contribution in [0.1, 0.15) is 37.6 Å². The molecule has 6 heteroatoms. The van der Waals surface area contributed by atoms with Gasteiger partial charge < -0.3 is 15.2 Å². The van der Waals surface area contributed by atoms with Gasteiger partial charge >= 0.3 is 0 Å². The highest BCUT2D eigenvalue weighted by Gasteiger charge is 2.59. The summed E-state index contributed by atoms with van der Waals surface area (Å²) in [6.45, 7) is 6.61. The topological polar surface area (TPSA) is 71.5 Å². The van der Waals surface area contributed by atoms with E-state index in [2.05, 4.69) is 10.3 Å². The van der Waals surface area contributed by atoms with Crippen molar-refractivity contribution in [2.45, 2.75) is 38.9 Å². The van der Waals surface area contributed by atoms with Gasteiger partial charge in [0.15, 0.2) is 0 Å². The Morgan fingerprint density at radius 1 is 1.62 bits per heavy atom. The molecule has 0 saturated heterocycles. The normalized spacial score (nSPS) is 27.0. The SMILES string of the molecule is CCO[C@@H]1C[C@@](O)(CNC(=O)c2ccncc2Cl)C1(C)C. The Labute approximate surface area is 129 Å². The first-order valence-corrected chi connectivity index (χ1v) is 7.41. The predicted octanol–water partition coefficient (Wildman–Crippen LogP) is 2.03. The molecule has 0 unspecified atom stereocenters. The maximum Gasteiger partial charge on any atom is 0.253 e. The number of hydrogen-bond acceptors (Lipinski definition) is 4. The summed E-state index contributed by atoms with van der Waals surface area (Å²) in [6, 6.07) is 1.55. The van der Waals surface area contributed by atoms with Crippen LogP contribution in [0, 0.1) is 5.41 Å². The number of ether oxygens (including phenoxy) is 1. The first kappa shape index (κ1) is 16.2. The second-order valence-corrected chi connectivity index (χ2v) is 6.35. The maximum absolute atomic E-state index is 12.1. The molecule has 5 nitrogen and oxygen atoms in total. The maximum atomic E-state index is 12.1. The van der Waals surface area contributed by atoms with Crippen LogP contribution in [0.2, 0.25) is 5.02 Å². The summed E-state index contributed by atoms with van der Waals surface area (Å²) in [5, 5.41) is 13.7. The van der Waals surface area contributed by atoms with Crippen molar-refractivity contribution in [3.8, 4) is 0 Å². The van der Waals surface area contributed by atoms with Gasteiger partial charge in [0.2, 0.25) is 0 Å². The molecule has 0 aliphatic heterocycles. The van der Waals surface area contributed by atoms with Gasteiger partial charge in [-0.15, -0.1) is 0 Å². The molecule has 0 bridgehead atoms. The summed E-state index contributed by atoms with van der Waals surface area (Å²) in [5.74, 6) is -0.313. The molecule has 2 atom stereocenters. The molecular formula is C15H21ClN2O3. The van der Waals surface area contributed by atoms with E-state index in [9.17, 15) is 9.90 Å². The first-order valence-electron chi connectivity index (χ1n) is 7.03. The van der Waals surface area contributed by atoms with Crippen molar-refractivity contribution in [3.63, 3.8) is 0 Å². The van der Waals surface area contributed by atoms with Gasteiger partial charge in [-0.2, -0.15) is 0 Å². The molecule has 1 saturated carbocycles. The number of aliphatic hydroxyl groups is 1. The third-order valence-corrected chi connectivity index (χ3v) is 4.75. The van der Waals surface area contributed by atoms with Crippen molar-refractivity contribution < 1.29 is 14.6 Å². The van der Waals surface area contributed by atoms with Crippen LogP contribution in [0.4, 0.5) is 0 Å². The van der Waals surface area contributed by atoms with Crippen molar-refractivity contribution in [3.05, 3.63) is 29.0 Å². The van der Waals surface area contributed by atoms with Crippen LogP contribution in [0.15, 0.2) is 18.5 Å². The molecule has 1 aliphatic carbocycles. The molecule has 0 spiro atoms. The standard InChI is InChI=1S/C15H21ClN2O3/c1-4-21-12-7-15(20,14(12,2)3)9-18-13(19)10-5-6-17-8-11(10)16/h5-6,8,12,20H,4,7,9H2,1-3H3,(H,18,19)/t12-,15-/m1/s1. The fraction of sp³-hybridized carbons (Fsp3) is 0.600. The van der Waals surface area contributed by atoms with E-state index < -0.39 is 11.0 Å². The summed E-state index contributed by atoms with van der Waals surface area (Å²) >= 11 is 5.93. The molecule has 0 aromatic carbocycles. The Morgan fingerprint density at radius 3 is 2.90 bits per heavy atom. The Balaban J connectivity index is 1.98. The van der Waals surface area contributed by atoms with Crippen molar-refractivity contribution in [2.75, 3.05) is 13.2 Å². The molecule has 1 fully saturated rings. The zero-order chi connectivity index (χ0) is 15.7. The zero-order valence-electron chi connectivity index (χ0n) is 12.5. The van der Waals surface area contributed by atoms with Crippen LogP contribution >= 0.6 is 11.6 Å². The fourth-order valence-corrected chi connectivity index (χ4v) is 2.85. The molecule has 1 aromatic rings. The second-order valence-electron chi connectivity index (χ2n) is 5.94. The van der Waals surface area contributed by atoms with Gasteiger partial charge in [-0.3, -0.25) is 9.78 Å². The third kappa shape index (κ3) is 2.91. The number of amides is 1. The number of nitrogens with zero attached hydrogens (tertiary/aromatic N) is 1. The highest BCUT2D eigenvalue weighted by atomic mass is 35.5. The number of carbonyl (C=O) groups is 1. The van der Waals surface area contributed by atoms with Gasteiger partial charge in [0.1, 0.15) is 0 Å². The highest BCUT2D eigenvalue weighted by Crippen LogP contribution is 2.50. The quantitative estimate of drug-likeness (QED) is 0.872. The van der Waals surface area contributed by atoms with Crippen molar-refractivity contribution in [2.24, 2.45) is 5.41 Å². The molecule has 116 valence electrons. The molecule has 1 aliphatic rings. The van der Waals surface area contributed by atoms with Crippen molar-refractivity contribution in [1.82, 2.24) is 10.3 Å². The molecule has 2 N–H and O–H groups in total. The molecule has 1 heterocycles. The van der Waals surface area contributed by atoms with Crippen LogP contribution in [-0.4, -0.2) is 40.9 Å². The van der Waals surface area contributed by atoms with Gasteiger partial charge in [0.05, 0.1) is 22.3 Å². The van der Waals surface area contributed by atoms with E-state index >= 15 is 0 Å². The van der Waals surface area contributed by atoms with Crippen molar-refractivity contribution >= 4 is 17.5 Å². The highest BCUT2D eigenvalue weighted by molar-refractivity contribution is 6.33. The van der Waals surface area contributed by atoms with E-state index in [0.717, 1.165) is 0 Å². The molecule has 0 radical (unpaired) electrons. The van der Waals surface area contributed by atoms with Crippen LogP contribution in [-0.2, 0) is 4.74 Å². The number of carbonyl (C=O) groups excluding carboxylic acids is 1. The Kier molecular flexibility index (Phi) is 4.56. The van der Waals surface area contributed by atoms with Gasteiger partial charge in [-0.05, 0) is 13.0 Å². The summed E-state index contributed by atoms with van der Waals surface area (Å²) in [7, 11) is 0. The lowest BCUT2D eigenvalue weighted by atomic mass is 9.56. The minimum absolute atomic E-state index is 0.00825. The monoisotopic (exact) mass is 312 g/mol. The van der Waals surface area contributed by atoms with E-state index in [4.69, 9.17) is 16.3 Å². The summed E-state index contributed by atoms with van der Waals surface area (Å²) in [4.78, 5) is 15.9. The second kappa shape index (κ2) is 5.91. The number of aromatic nitrogens is 1. The Hall–Kier alpha value is -1.17.